The molecular weight excluding hydrogens is 500 g/mol. The standard InChI is InChI=1S/C29H20F8/c1-2-3-4-16-11-22(30)26(23(31)12-16)20-9-10-21-19(15-20)8-7-18(28(21)34)6-5-17-13-24(32)27(25(33)14-17)29(35,36)37/h2,7-15H,1,3-6H2. The third-order valence-electron chi connectivity index (χ3n) is 6.13. The highest BCUT2D eigenvalue weighted by atomic mass is 19.4. The molecule has 0 saturated heterocycles. The zero-order valence-electron chi connectivity index (χ0n) is 19.3. The maximum Gasteiger partial charge on any atom is 0.422 e. The molecule has 0 heterocycles. The predicted molar refractivity (Wildman–Crippen MR) is 127 cm³/mol. The van der Waals surface area contributed by atoms with Gasteiger partial charge in [0.25, 0.3) is 0 Å². The van der Waals surface area contributed by atoms with Crippen LogP contribution in [-0.2, 0) is 25.4 Å². The summed E-state index contributed by atoms with van der Waals surface area (Å²) in [6, 6.07) is 10.9. The number of aryl methyl sites for hydroxylation is 3. The smallest absolute Gasteiger partial charge is 0.206 e. The summed E-state index contributed by atoms with van der Waals surface area (Å²) in [5, 5.41) is 0.536. The van der Waals surface area contributed by atoms with Gasteiger partial charge in [-0.3, -0.25) is 0 Å². The second kappa shape index (κ2) is 10.4. The van der Waals surface area contributed by atoms with Gasteiger partial charge in [0, 0.05) is 5.39 Å². The number of halogens is 8. The lowest BCUT2D eigenvalue weighted by molar-refractivity contribution is -0.142. The molecule has 0 radical (unpaired) electrons. The number of alkyl halides is 3. The Bertz CT molecular complexity index is 1440. The Labute approximate surface area is 207 Å². The van der Waals surface area contributed by atoms with Gasteiger partial charge in [-0.05, 0) is 83.7 Å². The van der Waals surface area contributed by atoms with Crippen molar-refractivity contribution in [2.24, 2.45) is 0 Å². The largest absolute Gasteiger partial charge is 0.422 e. The molecule has 192 valence electrons. The Hall–Kier alpha value is -3.68. The number of fused-ring (bicyclic) bond motifs is 1. The average molecular weight is 520 g/mol. The SMILES string of the molecule is C=CCCc1cc(F)c(-c2ccc3c(F)c(CCc4cc(F)c(C(F)(F)F)c(F)c4)ccc3c2)c(F)c1. The van der Waals surface area contributed by atoms with E-state index < -0.39 is 40.8 Å². The third-order valence-corrected chi connectivity index (χ3v) is 6.13. The van der Waals surface area contributed by atoms with Crippen molar-refractivity contribution in [3.63, 3.8) is 0 Å². The monoisotopic (exact) mass is 520 g/mol. The van der Waals surface area contributed by atoms with Crippen LogP contribution in [-0.4, -0.2) is 0 Å². The molecule has 0 aromatic heterocycles. The van der Waals surface area contributed by atoms with Crippen LogP contribution in [0.5, 0.6) is 0 Å². The van der Waals surface area contributed by atoms with Crippen LogP contribution in [0.2, 0.25) is 0 Å². The Morgan fingerprint density at radius 1 is 0.676 bits per heavy atom. The van der Waals surface area contributed by atoms with Crippen molar-refractivity contribution in [2.75, 3.05) is 0 Å². The normalized spacial score (nSPS) is 11.8. The summed E-state index contributed by atoms with van der Waals surface area (Å²) in [6.45, 7) is 3.59. The molecule has 4 rings (SSSR count). The van der Waals surface area contributed by atoms with Crippen molar-refractivity contribution in [3.8, 4) is 11.1 Å². The van der Waals surface area contributed by atoms with Crippen molar-refractivity contribution < 1.29 is 35.1 Å². The number of hydrogen-bond acceptors (Lipinski definition) is 0. The minimum absolute atomic E-state index is 0.0385. The molecule has 0 atom stereocenters. The van der Waals surface area contributed by atoms with Crippen molar-refractivity contribution in [1.82, 2.24) is 0 Å². The van der Waals surface area contributed by atoms with Crippen molar-refractivity contribution in [2.45, 2.75) is 31.9 Å². The minimum atomic E-state index is -5.17. The molecule has 0 aliphatic carbocycles. The van der Waals surface area contributed by atoms with Gasteiger partial charge in [-0.1, -0.05) is 30.3 Å². The van der Waals surface area contributed by atoms with Crippen LogP contribution in [0.25, 0.3) is 21.9 Å². The molecule has 0 unspecified atom stereocenters. The summed E-state index contributed by atoms with van der Waals surface area (Å²) in [5.41, 5.74) is -1.38. The molecular formula is C29H20F8. The highest BCUT2D eigenvalue weighted by Gasteiger charge is 2.37. The van der Waals surface area contributed by atoms with Crippen LogP contribution in [0.3, 0.4) is 0 Å². The molecule has 0 bridgehead atoms. The molecule has 0 aliphatic heterocycles. The Morgan fingerprint density at radius 3 is 1.86 bits per heavy atom. The lowest BCUT2D eigenvalue weighted by Crippen LogP contribution is -2.12. The Morgan fingerprint density at radius 2 is 1.27 bits per heavy atom. The molecule has 0 fully saturated rings. The van der Waals surface area contributed by atoms with Crippen LogP contribution in [0.4, 0.5) is 35.1 Å². The maximum absolute atomic E-state index is 15.2. The number of rotatable bonds is 7. The minimum Gasteiger partial charge on any atom is -0.206 e. The quantitative estimate of drug-likeness (QED) is 0.168. The van der Waals surface area contributed by atoms with E-state index in [1.165, 1.54) is 36.4 Å². The maximum atomic E-state index is 15.2. The van der Waals surface area contributed by atoms with Gasteiger partial charge in [0.2, 0.25) is 0 Å². The van der Waals surface area contributed by atoms with Gasteiger partial charge in [0.1, 0.15) is 34.6 Å². The molecule has 0 N–H and O–H groups in total. The lowest BCUT2D eigenvalue weighted by Gasteiger charge is -2.12. The molecule has 0 amide bonds. The van der Waals surface area contributed by atoms with Crippen molar-refractivity contribution in [1.29, 1.82) is 0 Å². The van der Waals surface area contributed by atoms with Gasteiger partial charge in [0.05, 0.1) is 5.56 Å². The molecule has 37 heavy (non-hydrogen) atoms. The first-order valence-electron chi connectivity index (χ1n) is 11.3. The van der Waals surface area contributed by atoms with Crippen LogP contribution in [0, 0.1) is 29.1 Å². The molecule has 8 heteroatoms. The molecule has 4 aromatic rings. The van der Waals surface area contributed by atoms with Gasteiger partial charge in [-0.15, -0.1) is 6.58 Å². The first-order chi connectivity index (χ1) is 17.5. The summed E-state index contributed by atoms with van der Waals surface area (Å²) < 4.78 is 111. The highest BCUT2D eigenvalue weighted by molar-refractivity contribution is 5.88. The Balaban J connectivity index is 1.60. The zero-order valence-corrected chi connectivity index (χ0v) is 19.3. The van der Waals surface area contributed by atoms with Gasteiger partial charge < -0.3 is 0 Å². The van der Waals surface area contributed by atoms with Crippen LogP contribution < -0.4 is 0 Å². The van der Waals surface area contributed by atoms with E-state index in [2.05, 4.69) is 6.58 Å². The van der Waals surface area contributed by atoms with Gasteiger partial charge in [-0.2, -0.15) is 13.2 Å². The van der Waals surface area contributed by atoms with E-state index in [4.69, 9.17) is 0 Å². The topological polar surface area (TPSA) is 0 Å². The Kier molecular flexibility index (Phi) is 7.39. The van der Waals surface area contributed by atoms with E-state index in [-0.39, 0.29) is 40.5 Å². The summed E-state index contributed by atoms with van der Waals surface area (Å²) in [7, 11) is 0. The molecule has 0 saturated carbocycles. The molecule has 4 aromatic carbocycles. The molecule has 0 aliphatic rings. The second-order valence-corrected chi connectivity index (χ2v) is 8.67. The number of hydrogen-bond donors (Lipinski definition) is 0. The molecule has 0 nitrogen and oxygen atoms in total. The highest BCUT2D eigenvalue weighted by Crippen LogP contribution is 2.35. The summed E-state index contributed by atoms with van der Waals surface area (Å²) >= 11 is 0. The first kappa shape index (κ1) is 26.4. The third kappa shape index (κ3) is 5.53. The fraction of sp³-hybridized carbons (Fsp3) is 0.172. The van der Waals surface area contributed by atoms with E-state index in [9.17, 15) is 30.7 Å². The van der Waals surface area contributed by atoms with Crippen molar-refractivity contribution >= 4 is 10.8 Å². The van der Waals surface area contributed by atoms with Crippen LogP contribution >= 0.6 is 0 Å². The summed E-state index contributed by atoms with van der Waals surface area (Å²) in [4.78, 5) is 0. The summed E-state index contributed by atoms with van der Waals surface area (Å²) in [5.74, 6) is -5.60. The van der Waals surface area contributed by atoms with E-state index in [0.29, 0.717) is 35.9 Å². The fourth-order valence-electron chi connectivity index (χ4n) is 4.32. The number of benzene rings is 4. The average Bonchev–Trinajstić information content (AvgIpc) is 2.80. The van der Waals surface area contributed by atoms with Gasteiger partial charge in [0.15, 0.2) is 0 Å². The zero-order chi connectivity index (χ0) is 26.9. The first-order valence-corrected chi connectivity index (χ1v) is 11.3. The summed E-state index contributed by atoms with van der Waals surface area (Å²) in [6.07, 6.45) is -2.66. The fourth-order valence-corrected chi connectivity index (χ4v) is 4.32. The lowest BCUT2D eigenvalue weighted by atomic mass is 9.95. The van der Waals surface area contributed by atoms with E-state index in [1.807, 2.05) is 0 Å². The van der Waals surface area contributed by atoms with Crippen molar-refractivity contribution in [3.05, 3.63) is 119 Å². The van der Waals surface area contributed by atoms with E-state index in [0.717, 1.165) is 0 Å². The van der Waals surface area contributed by atoms with E-state index >= 15 is 4.39 Å². The van der Waals surface area contributed by atoms with Gasteiger partial charge >= 0.3 is 6.18 Å². The van der Waals surface area contributed by atoms with E-state index in [1.54, 1.807) is 12.1 Å². The second-order valence-electron chi connectivity index (χ2n) is 8.67. The van der Waals surface area contributed by atoms with Gasteiger partial charge in [-0.25, -0.2) is 22.0 Å². The van der Waals surface area contributed by atoms with Crippen LogP contribution in [0.15, 0.2) is 67.3 Å². The van der Waals surface area contributed by atoms with Crippen LogP contribution in [0.1, 0.15) is 28.7 Å². The molecule has 0 spiro atoms. The predicted octanol–water partition coefficient (Wildman–Crippen LogP) is 9.12. The number of allylic oxidation sites excluding steroid dienone is 1.